The van der Waals surface area contributed by atoms with E-state index in [1.807, 2.05) is 13.8 Å². The molecule has 18 heavy (non-hydrogen) atoms. The second-order valence-electron chi connectivity index (χ2n) is 4.97. The van der Waals surface area contributed by atoms with Crippen molar-refractivity contribution in [2.45, 2.75) is 55.2 Å². The number of rotatable bonds is 5. The highest BCUT2D eigenvalue weighted by molar-refractivity contribution is 7.99. The molecule has 100 valence electrons. The fourth-order valence-electron chi connectivity index (χ4n) is 2.45. The van der Waals surface area contributed by atoms with E-state index in [-0.39, 0.29) is 11.3 Å². The van der Waals surface area contributed by atoms with Crippen molar-refractivity contribution in [1.82, 2.24) is 10.3 Å². The molecule has 0 saturated heterocycles. The largest absolute Gasteiger partial charge is 0.480 e. The highest BCUT2D eigenvalue weighted by Gasteiger charge is 2.46. The van der Waals surface area contributed by atoms with Gasteiger partial charge in [0.25, 0.3) is 5.22 Å². The van der Waals surface area contributed by atoms with Crippen LogP contribution in [-0.4, -0.2) is 32.9 Å². The molecule has 0 spiro atoms. The molecule has 6 heteroatoms. The van der Waals surface area contributed by atoms with Gasteiger partial charge in [0, 0.05) is 11.3 Å². The van der Waals surface area contributed by atoms with Crippen molar-refractivity contribution in [3.63, 3.8) is 0 Å². The Kier molecular flexibility index (Phi) is 3.97. The number of aliphatic carboxylic acids is 1. The SMILES string of the molecule is CC(C)NC1(C(=O)O)CCC(Sc2ncco2)C1. The van der Waals surface area contributed by atoms with E-state index in [4.69, 9.17) is 4.42 Å². The number of hydrogen-bond acceptors (Lipinski definition) is 5. The zero-order chi connectivity index (χ0) is 13.2. The zero-order valence-corrected chi connectivity index (χ0v) is 11.4. The third-order valence-electron chi connectivity index (χ3n) is 3.12. The molecule has 2 unspecified atom stereocenters. The van der Waals surface area contributed by atoms with E-state index < -0.39 is 11.5 Å². The first-order chi connectivity index (χ1) is 8.52. The minimum absolute atomic E-state index is 0.159. The molecule has 1 heterocycles. The predicted octanol–water partition coefficient (Wildman–Crippen LogP) is 2.14. The van der Waals surface area contributed by atoms with E-state index in [1.54, 1.807) is 6.20 Å². The van der Waals surface area contributed by atoms with Crippen LogP contribution in [0.15, 0.2) is 22.1 Å². The average molecular weight is 270 g/mol. The standard InChI is InChI=1S/C12H18N2O3S/c1-8(2)14-12(10(15)16)4-3-9(7-12)18-11-13-5-6-17-11/h5-6,8-9,14H,3-4,7H2,1-2H3,(H,15,16). The van der Waals surface area contributed by atoms with Crippen LogP contribution in [0.3, 0.4) is 0 Å². The molecule has 2 rings (SSSR count). The molecule has 0 aliphatic heterocycles. The van der Waals surface area contributed by atoms with Crippen LogP contribution in [0.25, 0.3) is 0 Å². The normalized spacial score (nSPS) is 27.8. The van der Waals surface area contributed by atoms with Crippen molar-refractivity contribution in [3.8, 4) is 0 Å². The van der Waals surface area contributed by atoms with Gasteiger partial charge in [-0.2, -0.15) is 0 Å². The maximum Gasteiger partial charge on any atom is 0.323 e. The van der Waals surface area contributed by atoms with E-state index >= 15 is 0 Å². The first kappa shape index (κ1) is 13.4. The number of hydrogen-bond donors (Lipinski definition) is 2. The Morgan fingerprint density at radius 2 is 2.50 bits per heavy atom. The molecule has 0 bridgehead atoms. The smallest absolute Gasteiger partial charge is 0.323 e. The molecule has 1 aliphatic rings. The lowest BCUT2D eigenvalue weighted by Crippen LogP contribution is -2.53. The maximum absolute atomic E-state index is 11.5. The van der Waals surface area contributed by atoms with Gasteiger partial charge < -0.3 is 9.52 Å². The summed E-state index contributed by atoms with van der Waals surface area (Å²) < 4.78 is 5.19. The molecule has 5 nitrogen and oxygen atoms in total. The molecule has 1 aromatic heterocycles. The second-order valence-corrected chi connectivity index (χ2v) is 6.22. The quantitative estimate of drug-likeness (QED) is 0.853. The van der Waals surface area contributed by atoms with Crippen LogP contribution >= 0.6 is 11.8 Å². The third kappa shape index (κ3) is 2.87. The lowest BCUT2D eigenvalue weighted by Gasteiger charge is -2.28. The van der Waals surface area contributed by atoms with Crippen molar-refractivity contribution in [2.24, 2.45) is 0 Å². The maximum atomic E-state index is 11.5. The Morgan fingerprint density at radius 1 is 1.72 bits per heavy atom. The number of aromatic nitrogens is 1. The number of nitrogens with zero attached hydrogens (tertiary/aromatic N) is 1. The zero-order valence-electron chi connectivity index (χ0n) is 10.5. The van der Waals surface area contributed by atoms with Gasteiger partial charge in [0.1, 0.15) is 11.8 Å². The van der Waals surface area contributed by atoms with Crippen LogP contribution in [0, 0.1) is 0 Å². The second kappa shape index (κ2) is 5.32. The predicted molar refractivity (Wildman–Crippen MR) is 68.6 cm³/mol. The summed E-state index contributed by atoms with van der Waals surface area (Å²) >= 11 is 1.52. The molecule has 0 aromatic carbocycles. The van der Waals surface area contributed by atoms with Crippen molar-refractivity contribution in [1.29, 1.82) is 0 Å². The Labute approximate surface area is 110 Å². The first-order valence-corrected chi connectivity index (χ1v) is 6.97. The van der Waals surface area contributed by atoms with Gasteiger partial charge in [-0.15, -0.1) is 0 Å². The minimum atomic E-state index is -0.793. The van der Waals surface area contributed by atoms with Gasteiger partial charge >= 0.3 is 5.97 Å². The highest BCUT2D eigenvalue weighted by Crippen LogP contribution is 2.40. The molecule has 0 radical (unpaired) electrons. The van der Waals surface area contributed by atoms with Gasteiger partial charge in [0.15, 0.2) is 0 Å². The van der Waals surface area contributed by atoms with Crippen LogP contribution < -0.4 is 5.32 Å². The molecule has 0 amide bonds. The Bertz CT molecular complexity index is 407. The van der Waals surface area contributed by atoms with Crippen LogP contribution in [-0.2, 0) is 4.79 Å². The van der Waals surface area contributed by atoms with E-state index in [2.05, 4.69) is 10.3 Å². The molecule has 2 atom stereocenters. The van der Waals surface area contributed by atoms with Crippen LogP contribution in [0.4, 0.5) is 0 Å². The molecule has 1 aromatic rings. The molecular formula is C12H18N2O3S. The lowest BCUT2D eigenvalue weighted by molar-refractivity contribution is -0.145. The van der Waals surface area contributed by atoms with Crippen LogP contribution in [0.1, 0.15) is 33.1 Å². The molecule has 1 saturated carbocycles. The number of carbonyl (C=O) groups is 1. The van der Waals surface area contributed by atoms with E-state index in [0.29, 0.717) is 18.1 Å². The molecule has 1 fully saturated rings. The molecular weight excluding hydrogens is 252 g/mol. The summed E-state index contributed by atoms with van der Waals surface area (Å²) in [6, 6.07) is 0.159. The average Bonchev–Trinajstić information content (AvgIpc) is 2.89. The van der Waals surface area contributed by atoms with Crippen molar-refractivity contribution in [3.05, 3.63) is 12.5 Å². The lowest BCUT2D eigenvalue weighted by atomic mass is 9.97. The topological polar surface area (TPSA) is 75.4 Å². The summed E-state index contributed by atoms with van der Waals surface area (Å²) in [5.41, 5.74) is -0.793. The van der Waals surface area contributed by atoms with Gasteiger partial charge in [0.2, 0.25) is 0 Å². The Balaban J connectivity index is 2.01. The van der Waals surface area contributed by atoms with Gasteiger partial charge in [-0.1, -0.05) is 11.8 Å². The van der Waals surface area contributed by atoms with Gasteiger partial charge in [-0.05, 0) is 33.1 Å². The highest BCUT2D eigenvalue weighted by atomic mass is 32.2. The summed E-state index contributed by atoms with van der Waals surface area (Å²) in [6.45, 7) is 3.94. The number of carboxylic acids is 1. The molecule has 2 N–H and O–H groups in total. The number of carboxylic acid groups (broad SMARTS) is 1. The first-order valence-electron chi connectivity index (χ1n) is 6.09. The monoisotopic (exact) mass is 270 g/mol. The third-order valence-corrected chi connectivity index (χ3v) is 4.26. The Morgan fingerprint density at radius 3 is 3.06 bits per heavy atom. The fourth-order valence-corrected chi connectivity index (χ4v) is 3.57. The van der Waals surface area contributed by atoms with Gasteiger partial charge in [-0.25, -0.2) is 4.98 Å². The van der Waals surface area contributed by atoms with E-state index in [1.165, 1.54) is 18.0 Å². The van der Waals surface area contributed by atoms with Crippen molar-refractivity contribution >= 4 is 17.7 Å². The van der Waals surface area contributed by atoms with E-state index in [0.717, 1.165) is 6.42 Å². The summed E-state index contributed by atoms with van der Waals surface area (Å²) in [4.78, 5) is 15.6. The Hall–Kier alpha value is -1.01. The molecule has 1 aliphatic carbocycles. The number of nitrogens with one attached hydrogen (secondary N) is 1. The van der Waals surface area contributed by atoms with Gasteiger partial charge in [-0.3, -0.25) is 10.1 Å². The minimum Gasteiger partial charge on any atom is -0.480 e. The summed E-state index contributed by atoms with van der Waals surface area (Å²) in [6.07, 6.45) is 5.26. The summed E-state index contributed by atoms with van der Waals surface area (Å²) in [5, 5.41) is 13.5. The summed E-state index contributed by atoms with van der Waals surface area (Å²) in [5.74, 6) is -0.758. The number of oxazole rings is 1. The number of thioether (sulfide) groups is 1. The fraction of sp³-hybridized carbons (Fsp3) is 0.667. The van der Waals surface area contributed by atoms with Crippen molar-refractivity contribution in [2.75, 3.05) is 0 Å². The summed E-state index contributed by atoms with van der Waals surface area (Å²) in [7, 11) is 0. The van der Waals surface area contributed by atoms with Gasteiger partial charge in [0.05, 0.1) is 6.20 Å². The van der Waals surface area contributed by atoms with Crippen LogP contribution in [0.5, 0.6) is 0 Å². The van der Waals surface area contributed by atoms with E-state index in [9.17, 15) is 9.90 Å². The van der Waals surface area contributed by atoms with Crippen LogP contribution in [0.2, 0.25) is 0 Å². The van der Waals surface area contributed by atoms with Crippen molar-refractivity contribution < 1.29 is 14.3 Å².